The number of benzene rings is 8. The Balaban J connectivity index is 0.000000134. The summed E-state index contributed by atoms with van der Waals surface area (Å²) in [5.41, 5.74) is 36.5. The van der Waals surface area contributed by atoms with Gasteiger partial charge >= 0.3 is 0 Å². The van der Waals surface area contributed by atoms with E-state index in [9.17, 15) is 0 Å². The maximum atomic E-state index is 8.87. The molecular formula is C125H166N4+4. The van der Waals surface area contributed by atoms with E-state index in [1.165, 1.54) is 335 Å². The molecule has 0 radical (unpaired) electrons. The van der Waals surface area contributed by atoms with E-state index in [2.05, 4.69) is 330 Å². The van der Waals surface area contributed by atoms with E-state index in [1.807, 2.05) is 0 Å². The molecule has 0 spiro atoms. The van der Waals surface area contributed by atoms with Gasteiger partial charge in [-0.25, -0.2) is 9.13 Å². The largest absolute Gasteiger partial charge is 0.220 e. The summed E-state index contributed by atoms with van der Waals surface area (Å²) in [6.07, 6.45) is 43.5. The Kier molecular flexibility index (Phi) is 28.9. The van der Waals surface area contributed by atoms with Crippen LogP contribution in [-0.4, -0.2) is 0 Å². The van der Waals surface area contributed by atoms with Crippen molar-refractivity contribution in [2.75, 3.05) is 0 Å². The van der Waals surface area contributed by atoms with Crippen molar-refractivity contribution >= 4 is 43.1 Å². The lowest BCUT2D eigenvalue weighted by Gasteiger charge is -2.28. The molecule has 18 rings (SSSR count). The minimum atomic E-state index is 0.250. The topological polar surface area (TPSA) is 15.5 Å². The van der Waals surface area contributed by atoms with Crippen molar-refractivity contribution in [3.8, 4) is 45.0 Å². The number of aryl methyl sites for hydroxylation is 4. The van der Waals surface area contributed by atoms with Gasteiger partial charge in [0, 0.05) is 43.7 Å². The minimum absolute atomic E-state index is 0.250. The average Bonchev–Trinajstić information content (AvgIpc) is 1.27. The van der Waals surface area contributed by atoms with Crippen LogP contribution < -0.4 is 18.3 Å². The van der Waals surface area contributed by atoms with Crippen LogP contribution in [0, 0.1) is 70.1 Å². The van der Waals surface area contributed by atoms with Gasteiger partial charge in [0.25, 0.3) is 0 Å². The van der Waals surface area contributed by atoms with Crippen molar-refractivity contribution in [1.29, 1.82) is 0 Å². The molecular weight excluding hydrogens is 1560 g/mol. The molecule has 0 unspecified atom stereocenters. The Labute approximate surface area is 785 Å². The van der Waals surface area contributed by atoms with E-state index in [1.54, 1.807) is 27.8 Å². The summed E-state index contributed by atoms with van der Waals surface area (Å²) in [6, 6.07) is 59.5. The van der Waals surface area contributed by atoms with Crippen LogP contribution in [0.4, 0.5) is 0 Å². The molecule has 682 valence electrons. The molecule has 129 heavy (non-hydrogen) atoms. The standard InChI is InChI=1S/C34H46N.C32H42N.C30H40N.C29H38N/c1-24-31(27-14-10-7-11-15-27)21-29(26-12-8-6-9-13-26)22-32(24)33-30-17-16-25(23-34(2,3)4)20-28(30)18-19-35(33)5;1-22-29(25-12-8-9-13-25)19-27(24-10-6-7-11-24)20-30(22)31-28-15-14-23(21-32(2,3)4)18-26(28)16-17-33(31)5;1-20-15-25(24-11-9-8-10-12-24)18-28(22(20)3)29-27-14-13-23(19-30(4,5)6)17-26(27)16-21(2)31(29)7;1-20-12-14-24(23-10-8-7-9-11-23)18-27(20)28-26-15-13-22(19-29(3,4)5)17-25(26)16-21(2)30(28)6/h16-22,26-27H,6-15,23H2,1-5H3;14-20,24-25H,6-13,21H2,1-5H3;13-18,24H,8-12,19H2,1-7H3;12-18,23H,7-11,19H2,1-6H3/q4*+1/i19D;17D;;. The van der Waals surface area contributed by atoms with Gasteiger partial charge in [-0.15, -0.1) is 0 Å². The predicted octanol–water partition coefficient (Wildman–Crippen LogP) is 33.3. The molecule has 4 heteroatoms. The Morgan fingerprint density at radius 3 is 0.876 bits per heavy atom. The van der Waals surface area contributed by atoms with Crippen LogP contribution in [0.3, 0.4) is 0 Å². The Bertz CT molecular complexity index is 6100. The molecule has 6 aliphatic rings. The highest BCUT2D eigenvalue weighted by Crippen LogP contribution is 2.48. The van der Waals surface area contributed by atoms with Gasteiger partial charge in [-0.1, -0.05) is 265 Å². The lowest BCUT2D eigenvalue weighted by Crippen LogP contribution is -2.35. The van der Waals surface area contributed by atoms with Gasteiger partial charge in [0.15, 0.2) is 23.7 Å². The lowest BCUT2D eigenvalue weighted by atomic mass is 9.76. The first kappa shape index (κ1) is 92.3. The zero-order chi connectivity index (χ0) is 93.3. The first-order valence-corrected chi connectivity index (χ1v) is 51.5. The van der Waals surface area contributed by atoms with E-state index in [0.717, 1.165) is 37.5 Å². The molecule has 6 fully saturated rings. The van der Waals surface area contributed by atoms with Gasteiger partial charge in [-0.05, 0) is 348 Å². The number of fused-ring (bicyclic) bond motifs is 4. The van der Waals surface area contributed by atoms with E-state index in [4.69, 9.17) is 2.74 Å². The maximum absolute atomic E-state index is 8.87. The summed E-state index contributed by atoms with van der Waals surface area (Å²) in [6.45, 7) is 43.8. The van der Waals surface area contributed by atoms with Crippen LogP contribution in [0.2, 0.25) is 0 Å². The summed E-state index contributed by atoms with van der Waals surface area (Å²) in [4.78, 5) is 0. The monoisotopic (exact) mass is 1730 g/mol. The Morgan fingerprint density at radius 2 is 0.535 bits per heavy atom. The second kappa shape index (κ2) is 40.5. The van der Waals surface area contributed by atoms with Crippen LogP contribution in [0.25, 0.3) is 88.1 Å². The highest BCUT2D eigenvalue weighted by Gasteiger charge is 2.34. The molecule has 0 N–H and O–H groups in total. The number of aromatic nitrogens is 4. The van der Waals surface area contributed by atoms with Crippen molar-refractivity contribution in [2.24, 2.45) is 49.9 Å². The first-order valence-electron chi connectivity index (χ1n) is 52.5. The summed E-state index contributed by atoms with van der Waals surface area (Å²) in [7, 11) is 8.62. The average molecular weight is 1730 g/mol. The van der Waals surface area contributed by atoms with Gasteiger partial charge in [0.05, 0.1) is 38.2 Å². The Hall–Kier alpha value is -8.60. The third-order valence-corrected chi connectivity index (χ3v) is 31.2. The molecule has 0 atom stereocenters. The SMILES string of the molecule is Cc1cc(C2CCCCC2)cc(-c2c3ccc(CC(C)(C)C)cc3cc(C)[n+]2C)c1C.Cc1ccc(C2CCCCC2)cc1-c1c2ccc(CC(C)(C)C)cc2cc(C)[n+]1C.[2H]c1cc2cc(CC(C)(C)C)ccc2c(-c2cc(C3CCCC3)cc(C3CCCC3)c2C)[n+]1C.[2H]c1cc2cc(CC(C)(C)C)ccc2c(-c2cc(C3CCCCC3)cc(C3CCCCC3)c2C)[n+]1C. The maximum Gasteiger partial charge on any atom is 0.220 e. The molecule has 4 heterocycles. The molecule has 4 nitrogen and oxygen atoms in total. The normalized spacial score (nSPS) is 17.2. The summed E-state index contributed by atoms with van der Waals surface area (Å²) < 4.78 is 26.7. The van der Waals surface area contributed by atoms with Gasteiger partial charge in [0.2, 0.25) is 22.8 Å². The van der Waals surface area contributed by atoms with Crippen molar-refractivity contribution in [3.63, 3.8) is 0 Å². The summed E-state index contributed by atoms with van der Waals surface area (Å²) >= 11 is 0. The zero-order valence-electron chi connectivity index (χ0n) is 86.8. The van der Waals surface area contributed by atoms with E-state index in [0.29, 0.717) is 46.8 Å². The lowest BCUT2D eigenvalue weighted by molar-refractivity contribution is -0.665. The summed E-state index contributed by atoms with van der Waals surface area (Å²) in [5.74, 6) is 4.25. The number of rotatable bonds is 14. The molecule has 0 amide bonds. The highest BCUT2D eigenvalue weighted by molar-refractivity contribution is 5.98. The minimum Gasteiger partial charge on any atom is -0.200 e. The molecule has 0 aliphatic heterocycles. The van der Waals surface area contributed by atoms with Gasteiger partial charge in [-0.2, -0.15) is 9.13 Å². The van der Waals surface area contributed by atoms with Crippen LogP contribution in [0.5, 0.6) is 0 Å². The number of hydrogen-bond donors (Lipinski definition) is 0. The van der Waals surface area contributed by atoms with Crippen LogP contribution >= 0.6 is 0 Å². The van der Waals surface area contributed by atoms with Crippen LogP contribution in [-0.2, 0) is 53.9 Å². The molecule has 6 aliphatic carbocycles. The van der Waals surface area contributed by atoms with Crippen molar-refractivity contribution < 1.29 is 21.0 Å². The third-order valence-electron chi connectivity index (χ3n) is 31.2. The third kappa shape index (κ3) is 22.8. The van der Waals surface area contributed by atoms with Crippen LogP contribution in [0.15, 0.2) is 164 Å². The highest BCUT2D eigenvalue weighted by atomic mass is 15.0. The van der Waals surface area contributed by atoms with Crippen molar-refractivity contribution in [2.45, 2.75) is 373 Å². The number of pyridine rings is 4. The van der Waals surface area contributed by atoms with E-state index >= 15 is 0 Å². The zero-order valence-corrected chi connectivity index (χ0v) is 84.8. The van der Waals surface area contributed by atoms with Crippen molar-refractivity contribution in [1.82, 2.24) is 0 Å². The second-order valence-corrected chi connectivity index (χ2v) is 46.8. The number of hydrogen-bond acceptors (Lipinski definition) is 0. The quantitative estimate of drug-likeness (QED) is 0.0965. The van der Waals surface area contributed by atoms with Gasteiger partial charge in [0.1, 0.15) is 30.9 Å². The first-order chi connectivity index (χ1) is 62.3. The van der Waals surface area contributed by atoms with E-state index < -0.39 is 0 Å². The Morgan fingerprint density at radius 1 is 0.256 bits per heavy atom. The second-order valence-electron chi connectivity index (χ2n) is 46.8. The molecule has 0 bridgehead atoms. The predicted molar refractivity (Wildman–Crippen MR) is 554 cm³/mol. The van der Waals surface area contributed by atoms with Crippen molar-refractivity contribution in [3.05, 3.63) is 259 Å². The fraction of sp³-hybridized carbons (Fsp3) is 0.520. The molecule has 0 saturated heterocycles. The molecule has 12 aromatic rings. The molecule has 4 aromatic heterocycles. The van der Waals surface area contributed by atoms with Gasteiger partial charge < -0.3 is 0 Å². The molecule has 6 saturated carbocycles. The van der Waals surface area contributed by atoms with Gasteiger partial charge in [-0.3, -0.25) is 0 Å². The molecule has 8 aromatic carbocycles. The summed E-state index contributed by atoms with van der Waals surface area (Å²) in [5, 5.41) is 10.4. The number of nitrogens with zero attached hydrogens (tertiary/aromatic N) is 4. The van der Waals surface area contributed by atoms with E-state index in [-0.39, 0.29) is 10.8 Å². The van der Waals surface area contributed by atoms with Crippen LogP contribution in [0.1, 0.15) is 396 Å². The fourth-order valence-corrected chi connectivity index (χ4v) is 24.2. The smallest absolute Gasteiger partial charge is 0.200 e. The fourth-order valence-electron chi connectivity index (χ4n) is 24.2.